The predicted molar refractivity (Wildman–Crippen MR) is 182 cm³/mol. The lowest BCUT2D eigenvalue weighted by Gasteiger charge is -2.12. The maximum Gasteiger partial charge on any atom is 0.235 e. The molecule has 44 heavy (non-hydrogen) atoms. The number of aromatic nitrogens is 4. The molecule has 10 aromatic rings. The molecule has 0 saturated heterocycles. The SMILES string of the molecule is c1ccc(-c2ccc(-c3nc(-n4c5ccccc5c5c4c4c6ccccc6c6cccc5n64)nc4ccccc34)cc2)cc1. The topological polar surface area (TPSA) is 35.1 Å². The average Bonchev–Trinajstić information content (AvgIpc) is 3.73. The summed E-state index contributed by atoms with van der Waals surface area (Å²) in [6, 6.07) is 51.5. The van der Waals surface area contributed by atoms with Crippen molar-refractivity contribution in [3.8, 4) is 28.3 Å². The molecule has 0 amide bonds. The minimum atomic E-state index is 0.676. The van der Waals surface area contributed by atoms with Crippen molar-refractivity contribution in [1.29, 1.82) is 0 Å². The molecule has 0 fully saturated rings. The predicted octanol–water partition coefficient (Wildman–Crippen LogP) is 10.1. The summed E-state index contributed by atoms with van der Waals surface area (Å²) in [5, 5.41) is 5.96. The molecule has 0 radical (unpaired) electrons. The van der Waals surface area contributed by atoms with Crippen LogP contribution < -0.4 is 0 Å². The summed E-state index contributed by atoms with van der Waals surface area (Å²) in [6.45, 7) is 0. The quantitative estimate of drug-likeness (QED) is 0.215. The van der Waals surface area contributed by atoms with Gasteiger partial charge in [0.2, 0.25) is 5.95 Å². The van der Waals surface area contributed by atoms with Crippen molar-refractivity contribution in [2.24, 2.45) is 0 Å². The van der Waals surface area contributed by atoms with Crippen molar-refractivity contribution in [2.75, 3.05) is 0 Å². The second-order valence-electron chi connectivity index (χ2n) is 11.4. The molecule has 0 atom stereocenters. The maximum atomic E-state index is 5.38. The van der Waals surface area contributed by atoms with Crippen molar-refractivity contribution in [1.82, 2.24) is 18.9 Å². The van der Waals surface area contributed by atoms with Crippen LogP contribution in [-0.2, 0) is 0 Å². The Balaban J connectivity index is 1.31. The van der Waals surface area contributed by atoms with Gasteiger partial charge in [-0.05, 0) is 35.4 Å². The average molecular weight is 561 g/mol. The molecule has 0 unspecified atom stereocenters. The van der Waals surface area contributed by atoms with Gasteiger partial charge >= 0.3 is 0 Å². The highest BCUT2D eigenvalue weighted by atomic mass is 15.2. The van der Waals surface area contributed by atoms with Gasteiger partial charge in [0.1, 0.15) is 0 Å². The Bertz CT molecular complexity index is 2700. The molecule has 5 aromatic carbocycles. The molecule has 10 rings (SSSR count). The number of hydrogen-bond acceptors (Lipinski definition) is 2. The Labute approximate surface area is 252 Å². The fraction of sp³-hybridized carbons (Fsp3) is 0. The maximum absolute atomic E-state index is 5.38. The second-order valence-corrected chi connectivity index (χ2v) is 11.4. The van der Waals surface area contributed by atoms with E-state index in [-0.39, 0.29) is 0 Å². The molecule has 5 heterocycles. The van der Waals surface area contributed by atoms with Gasteiger partial charge in [0.15, 0.2) is 0 Å². The van der Waals surface area contributed by atoms with Crippen molar-refractivity contribution in [3.05, 3.63) is 146 Å². The largest absolute Gasteiger partial charge is 0.306 e. The van der Waals surface area contributed by atoms with Crippen LogP contribution in [0.4, 0.5) is 0 Å². The van der Waals surface area contributed by atoms with Crippen molar-refractivity contribution in [3.63, 3.8) is 0 Å². The first-order valence-corrected chi connectivity index (χ1v) is 14.9. The van der Waals surface area contributed by atoms with Gasteiger partial charge in [-0.2, -0.15) is 0 Å². The van der Waals surface area contributed by atoms with E-state index in [4.69, 9.17) is 9.97 Å². The number of para-hydroxylation sites is 2. The van der Waals surface area contributed by atoms with Crippen LogP contribution in [0.3, 0.4) is 0 Å². The summed E-state index contributed by atoms with van der Waals surface area (Å²) in [7, 11) is 0. The van der Waals surface area contributed by atoms with Crippen LogP contribution in [0.25, 0.3) is 88.4 Å². The Morgan fingerprint density at radius 1 is 0.386 bits per heavy atom. The van der Waals surface area contributed by atoms with Crippen LogP contribution in [0.15, 0.2) is 146 Å². The third-order valence-corrected chi connectivity index (χ3v) is 9.08. The summed E-state index contributed by atoms with van der Waals surface area (Å²) in [5.74, 6) is 0.676. The summed E-state index contributed by atoms with van der Waals surface area (Å²) < 4.78 is 4.70. The standard InChI is InChI=1S/C40H24N4/c1-2-11-25(12-3-1)26-21-23-27(24-22-26)37-30-15-6-8-17-32(30)41-40(42-37)44-34-18-9-7-16-31(34)36-35-20-10-19-33-28-13-4-5-14-29(28)38(39(36)44)43(33)35/h1-24H. The van der Waals surface area contributed by atoms with E-state index in [2.05, 4.69) is 155 Å². The number of pyridine rings is 1. The molecule has 0 aliphatic heterocycles. The van der Waals surface area contributed by atoms with Crippen LogP contribution in [0.2, 0.25) is 0 Å². The molecule has 204 valence electrons. The van der Waals surface area contributed by atoms with Gasteiger partial charge < -0.3 is 4.40 Å². The Hall–Kier alpha value is -6.00. The van der Waals surface area contributed by atoms with E-state index < -0.39 is 0 Å². The number of benzene rings is 5. The van der Waals surface area contributed by atoms with E-state index in [9.17, 15) is 0 Å². The number of hydrogen-bond donors (Lipinski definition) is 0. The van der Waals surface area contributed by atoms with Crippen molar-refractivity contribution >= 4 is 60.0 Å². The molecule has 0 N–H and O–H groups in total. The van der Waals surface area contributed by atoms with Crippen LogP contribution in [0, 0.1) is 0 Å². The monoisotopic (exact) mass is 560 g/mol. The second kappa shape index (κ2) is 8.76. The third-order valence-electron chi connectivity index (χ3n) is 9.08. The van der Waals surface area contributed by atoms with Gasteiger partial charge in [-0.15, -0.1) is 0 Å². The van der Waals surface area contributed by atoms with Gasteiger partial charge in [-0.1, -0.05) is 121 Å². The normalized spacial score (nSPS) is 12.1. The van der Waals surface area contributed by atoms with E-state index in [1.165, 1.54) is 49.2 Å². The Kier molecular flexibility index (Phi) is 4.69. The Morgan fingerprint density at radius 2 is 1.00 bits per heavy atom. The van der Waals surface area contributed by atoms with E-state index in [1.807, 2.05) is 0 Å². The highest BCUT2D eigenvalue weighted by molar-refractivity contribution is 6.29. The van der Waals surface area contributed by atoms with Crippen LogP contribution >= 0.6 is 0 Å². The highest BCUT2D eigenvalue weighted by Crippen LogP contribution is 2.44. The molecule has 5 aromatic heterocycles. The minimum Gasteiger partial charge on any atom is -0.306 e. The fourth-order valence-corrected chi connectivity index (χ4v) is 7.19. The van der Waals surface area contributed by atoms with E-state index in [0.717, 1.165) is 33.2 Å². The summed E-state index contributed by atoms with van der Waals surface area (Å²) >= 11 is 0. The molecule has 0 bridgehead atoms. The van der Waals surface area contributed by atoms with Crippen LogP contribution in [-0.4, -0.2) is 18.9 Å². The van der Waals surface area contributed by atoms with Gasteiger partial charge in [-0.3, -0.25) is 4.57 Å². The zero-order chi connectivity index (χ0) is 28.8. The number of nitrogens with zero attached hydrogens (tertiary/aromatic N) is 4. The summed E-state index contributed by atoms with van der Waals surface area (Å²) in [6.07, 6.45) is 0. The zero-order valence-electron chi connectivity index (χ0n) is 23.6. The van der Waals surface area contributed by atoms with E-state index >= 15 is 0 Å². The van der Waals surface area contributed by atoms with Crippen LogP contribution in [0.1, 0.15) is 0 Å². The number of rotatable bonds is 3. The lowest BCUT2D eigenvalue weighted by molar-refractivity contribution is 1.02. The van der Waals surface area contributed by atoms with E-state index in [0.29, 0.717) is 5.95 Å². The smallest absolute Gasteiger partial charge is 0.235 e. The minimum absolute atomic E-state index is 0.676. The van der Waals surface area contributed by atoms with Crippen molar-refractivity contribution < 1.29 is 0 Å². The molecule has 4 nitrogen and oxygen atoms in total. The van der Waals surface area contributed by atoms with Gasteiger partial charge in [0, 0.05) is 32.5 Å². The zero-order valence-corrected chi connectivity index (χ0v) is 23.6. The first-order valence-electron chi connectivity index (χ1n) is 14.9. The molecular weight excluding hydrogens is 536 g/mol. The molecule has 0 aliphatic rings. The molecular formula is C40H24N4. The van der Waals surface area contributed by atoms with Crippen LogP contribution in [0.5, 0.6) is 0 Å². The number of fused-ring (bicyclic) bond motifs is 9. The highest BCUT2D eigenvalue weighted by Gasteiger charge is 2.25. The summed E-state index contributed by atoms with van der Waals surface area (Å²) in [5.41, 5.74) is 11.2. The molecule has 0 saturated carbocycles. The molecule has 0 spiro atoms. The third kappa shape index (κ3) is 3.11. The van der Waals surface area contributed by atoms with Crippen molar-refractivity contribution in [2.45, 2.75) is 0 Å². The van der Waals surface area contributed by atoms with Gasteiger partial charge in [-0.25, -0.2) is 9.97 Å². The lowest BCUT2D eigenvalue weighted by Crippen LogP contribution is -2.03. The van der Waals surface area contributed by atoms with E-state index in [1.54, 1.807) is 0 Å². The first-order chi connectivity index (χ1) is 21.8. The molecule has 4 heteroatoms. The lowest BCUT2D eigenvalue weighted by atomic mass is 10.0. The molecule has 0 aliphatic carbocycles. The van der Waals surface area contributed by atoms with Gasteiger partial charge in [0.25, 0.3) is 0 Å². The fourth-order valence-electron chi connectivity index (χ4n) is 7.19. The summed E-state index contributed by atoms with van der Waals surface area (Å²) in [4.78, 5) is 10.6. The first kappa shape index (κ1) is 23.6. The Morgan fingerprint density at radius 3 is 1.84 bits per heavy atom. The van der Waals surface area contributed by atoms with Gasteiger partial charge in [0.05, 0.1) is 38.8 Å².